The van der Waals surface area contributed by atoms with E-state index in [1.165, 1.54) is 0 Å². The molecule has 1 aliphatic rings. The van der Waals surface area contributed by atoms with Crippen molar-refractivity contribution in [1.29, 1.82) is 0 Å². The standard InChI is InChI=1S/C12H17N3O2/c1-14(2)11-10(4-3-5-13-11)12(16)15-6-8-17-9-7-15/h3-5H,6-9H2,1-2H3. The van der Waals surface area contributed by atoms with Crippen LogP contribution in [0.15, 0.2) is 18.3 Å². The number of amides is 1. The van der Waals surface area contributed by atoms with Crippen LogP contribution < -0.4 is 4.90 Å². The van der Waals surface area contributed by atoms with Crippen molar-refractivity contribution in [2.75, 3.05) is 45.3 Å². The third-order valence-corrected chi connectivity index (χ3v) is 2.74. The van der Waals surface area contributed by atoms with Crippen LogP contribution in [0.1, 0.15) is 10.4 Å². The molecule has 17 heavy (non-hydrogen) atoms. The van der Waals surface area contributed by atoms with E-state index >= 15 is 0 Å². The summed E-state index contributed by atoms with van der Waals surface area (Å²) >= 11 is 0. The molecule has 1 aromatic heterocycles. The van der Waals surface area contributed by atoms with Gasteiger partial charge in [-0.3, -0.25) is 4.79 Å². The topological polar surface area (TPSA) is 45.7 Å². The van der Waals surface area contributed by atoms with E-state index in [9.17, 15) is 4.79 Å². The lowest BCUT2D eigenvalue weighted by atomic mass is 10.2. The normalized spacial score (nSPS) is 15.8. The Bertz CT molecular complexity index is 400. The highest BCUT2D eigenvalue weighted by Gasteiger charge is 2.21. The minimum Gasteiger partial charge on any atom is -0.378 e. The lowest BCUT2D eigenvalue weighted by Crippen LogP contribution is -2.41. The Labute approximate surface area is 101 Å². The lowest BCUT2D eigenvalue weighted by molar-refractivity contribution is 0.0303. The number of anilines is 1. The summed E-state index contributed by atoms with van der Waals surface area (Å²) in [6.07, 6.45) is 1.70. The van der Waals surface area contributed by atoms with E-state index in [1.54, 1.807) is 12.3 Å². The van der Waals surface area contributed by atoms with Gasteiger partial charge in [-0.15, -0.1) is 0 Å². The SMILES string of the molecule is CN(C)c1ncccc1C(=O)N1CCOCC1. The molecule has 0 aliphatic carbocycles. The molecule has 5 nitrogen and oxygen atoms in total. The van der Waals surface area contributed by atoms with Gasteiger partial charge in [-0.05, 0) is 12.1 Å². The zero-order valence-corrected chi connectivity index (χ0v) is 10.2. The Balaban J connectivity index is 2.23. The largest absolute Gasteiger partial charge is 0.378 e. The quantitative estimate of drug-likeness (QED) is 0.754. The van der Waals surface area contributed by atoms with Gasteiger partial charge in [0.05, 0.1) is 18.8 Å². The minimum atomic E-state index is 0.0325. The maximum Gasteiger partial charge on any atom is 0.257 e. The number of hydrogen-bond acceptors (Lipinski definition) is 4. The van der Waals surface area contributed by atoms with E-state index in [1.807, 2.05) is 30.0 Å². The fourth-order valence-electron chi connectivity index (χ4n) is 1.86. The average molecular weight is 235 g/mol. The Morgan fingerprint density at radius 3 is 2.76 bits per heavy atom. The lowest BCUT2D eigenvalue weighted by Gasteiger charge is -2.28. The van der Waals surface area contributed by atoms with E-state index < -0.39 is 0 Å². The smallest absolute Gasteiger partial charge is 0.257 e. The molecular formula is C12H17N3O2. The highest BCUT2D eigenvalue weighted by atomic mass is 16.5. The third kappa shape index (κ3) is 2.55. The number of carbonyl (C=O) groups is 1. The number of pyridine rings is 1. The van der Waals surface area contributed by atoms with Crippen LogP contribution in [0.2, 0.25) is 0 Å². The summed E-state index contributed by atoms with van der Waals surface area (Å²) in [4.78, 5) is 20.2. The molecule has 1 fully saturated rings. The molecule has 0 N–H and O–H groups in total. The predicted molar refractivity (Wildman–Crippen MR) is 65.3 cm³/mol. The molecule has 92 valence electrons. The van der Waals surface area contributed by atoms with Crippen molar-refractivity contribution < 1.29 is 9.53 Å². The highest BCUT2D eigenvalue weighted by Crippen LogP contribution is 2.17. The summed E-state index contributed by atoms with van der Waals surface area (Å²) in [6.45, 7) is 2.54. The predicted octanol–water partition coefficient (Wildman–Crippen LogP) is 0.620. The number of nitrogens with zero attached hydrogens (tertiary/aromatic N) is 3. The van der Waals surface area contributed by atoms with Crippen molar-refractivity contribution in [3.8, 4) is 0 Å². The Morgan fingerprint density at radius 2 is 2.12 bits per heavy atom. The van der Waals surface area contributed by atoms with Crippen molar-refractivity contribution in [3.05, 3.63) is 23.9 Å². The average Bonchev–Trinajstić information content (AvgIpc) is 2.39. The van der Waals surface area contributed by atoms with Crippen LogP contribution in [0.5, 0.6) is 0 Å². The summed E-state index contributed by atoms with van der Waals surface area (Å²) in [5, 5.41) is 0. The van der Waals surface area contributed by atoms with Crippen LogP contribution in [-0.2, 0) is 4.74 Å². The monoisotopic (exact) mass is 235 g/mol. The van der Waals surface area contributed by atoms with Crippen molar-refractivity contribution in [2.45, 2.75) is 0 Å². The molecule has 2 heterocycles. The van der Waals surface area contributed by atoms with Crippen molar-refractivity contribution >= 4 is 11.7 Å². The molecule has 1 saturated heterocycles. The van der Waals surface area contributed by atoms with Crippen LogP contribution in [0.4, 0.5) is 5.82 Å². The van der Waals surface area contributed by atoms with Gasteiger partial charge < -0.3 is 14.5 Å². The fourth-order valence-corrected chi connectivity index (χ4v) is 1.86. The van der Waals surface area contributed by atoms with E-state index in [2.05, 4.69) is 4.98 Å². The molecule has 1 amide bonds. The van der Waals surface area contributed by atoms with Crippen LogP contribution in [0.3, 0.4) is 0 Å². The first-order valence-corrected chi connectivity index (χ1v) is 5.69. The maximum atomic E-state index is 12.3. The number of ether oxygens (including phenoxy) is 1. The molecule has 0 atom stereocenters. The molecule has 0 spiro atoms. The van der Waals surface area contributed by atoms with Gasteiger partial charge in [0.25, 0.3) is 5.91 Å². The molecule has 0 saturated carbocycles. The van der Waals surface area contributed by atoms with E-state index in [-0.39, 0.29) is 5.91 Å². The number of hydrogen-bond donors (Lipinski definition) is 0. The first-order chi connectivity index (χ1) is 8.20. The molecule has 1 aromatic rings. The van der Waals surface area contributed by atoms with Crippen LogP contribution in [0.25, 0.3) is 0 Å². The second kappa shape index (κ2) is 5.14. The van der Waals surface area contributed by atoms with Crippen LogP contribution in [0, 0.1) is 0 Å². The number of aromatic nitrogens is 1. The van der Waals surface area contributed by atoms with Gasteiger partial charge in [0.1, 0.15) is 5.82 Å². The van der Waals surface area contributed by atoms with Gasteiger partial charge in [0, 0.05) is 33.4 Å². The molecule has 0 aromatic carbocycles. The van der Waals surface area contributed by atoms with Gasteiger partial charge >= 0.3 is 0 Å². The number of carbonyl (C=O) groups excluding carboxylic acids is 1. The molecule has 0 radical (unpaired) electrons. The van der Waals surface area contributed by atoms with Crippen molar-refractivity contribution in [3.63, 3.8) is 0 Å². The minimum absolute atomic E-state index is 0.0325. The Morgan fingerprint density at radius 1 is 1.41 bits per heavy atom. The molecule has 2 rings (SSSR count). The van der Waals surface area contributed by atoms with Crippen LogP contribution >= 0.6 is 0 Å². The fraction of sp³-hybridized carbons (Fsp3) is 0.500. The first kappa shape index (κ1) is 11.9. The maximum absolute atomic E-state index is 12.3. The van der Waals surface area contributed by atoms with Crippen molar-refractivity contribution in [1.82, 2.24) is 9.88 Å². The first-order valence-electron chi connectivity index (χ1n) is 5.69. The summed E-state index contributed by atoms with van der Waals surface area (Å²) in [7, 11) is 3.77. The Kier molecular flexibility index (Phi) is 3.58. The molecule has 5 heteroatoms. The summed E-state index contributed by atoms with van der Waals surface area (Å²) in [5.74, 6) is 0.745. The third-order valence-electron chi connectivity index (χ3n) is 2.74. The van der Waals surface area contributed by atoms with Crippen molar-refractivity contribution in [2.24, 2.45) is 0 Å². The number of rotatable bonds is 2. The van der Waals surface area contributed by atoms with Gasteiger partial charge in [0.15, 0.2) is 0 Å². The van der Waals surface area contributed by atoms with E-state index in [0.717, 1.165) is 0 Å². The second-order valence-electron chi connectivity index (χ2n) is 4.17. The van der Waals surface area contributed by atoms with Crippen LogP contribution in [-0.4, -0.2) is 56.2 Å². The summed E-state index contributed by atoms with van der Waals surface area (Å²) in [5.41, 5.74) is 0.652. The summed E-state index contributed by atoms with van der Waals surface area (Å²) in [6, 6.07) is 3.61. The van der Waals surface area contributed by atoms with E-state index in [0.29, 0.717) is 37.7 Å². The summed E-state index contributed by atoms with van der Waals surface area (Å²) < 4.78 is 5.24. The molecule has 0 unspecified atom stereocenters. The Hall–Kier alpha value is -1.62. The van der Waals surface area contributed by atoms with E-state index in [4.69, 9.17) is 4.74 Å². The van der Waals surface area contributed by atoms with Gasteiger partial charge in [-0.2, -0.15) is 0 Å². The van der Waals surface area contributed by atoms with Gasteiger partial charge in [0.2, 0.25) is 0 Å². The zero-order valence-electron chi connectivity index (χ0n) is 10.2. The second-order valence-corrected chi connectivity index (χ2v) is 4.17. The van der Waals surface area contributed by atoms with Gasteiger partial charge in [-0.1, -0.05) is 0 Å². The molecule has 0 bridgehead atoms. The molecule has 1 aliphatic heterocycles. The van der Waals surface area contributed by atoms with Gasteiger partial charge in [-0.25, -0.2) is 4.98 Å². The molecular weight excluding hydrogens is 218 g/mol. The zero-order chi connectivity index (χ0) is 12.3. The number of morpholine rings is 1. The highest BCUT2D eigenvalue weighted by molar-refractivity contribution is 5.98.